The predicted octanol–water partition coefficient (Wildman–Crippen LogP) is 3.17. The van der Waals surface area contributed by atoms with Crippen LogP contribution in [-0.4, -0.2) is 38.9 Å². The van der Waals surface area contributed by atoms with Gasteiger partial charge in [-0.15, -0.1) is 10.2 Å². The van der Waals surface area contributed by atoms with Gasteiger partial charge < -0.3 is 14.6 Å². The van der Waals surface area contributed by atoms with Crippen molar-refractivity contribution in [2.24, 2.45) is 13.0 Å². The molecule has 1 N–H and O–H groups in total. The van der Waals surface area contributed by atoms with Crippen LogP contribution in [0.25, 0.3) is 22.2 Å². The van der Waals surface area contributed by atoms with Crippen LogP contribution in [0.5, 0.6) is 0 Å². The lowest BCUT2D eigenvalue weighted by molar-refractivity contribution is -0.121. The van der Waals surface area contributed by atoms with Crippen molar-refractivity contribution in [3.05, 3.63) is 36.8 Å². The normalized spacial score (nSPS) is 19.9. The monoisotopic (exact) mass is 365 g/mol. The van der Waals surface area contributed by atoms with Crippen LogP contribution in [0.15, 0.2) is 36.8 Å². The largest absolute Gasteiger partial charge is 0.381 e. The molecule has 0 bridgehead atoms. The zero-order valence-corrected chi connectivity index (χ0v) is 15.6. The van der Waals surface area contributed by atoms with E-state index in [-0.39, 0.29) is 17.9 Å². The molecule has 0 aliphatic heterocycles. The number of ether oxygens (including phenoxy) is 1. The number of carbonyl (C=O) groups excluding carboxylic acids is 1. The minimum atomic E-state index is 0.00896. The van der Waals surface area contributed by atoms with Crippen molar-refractivity contribution in [2.45, 2.75) is 31.8 Å². The van der Waals surface area contributed by atoms with Crippen LogP contribution in [0, 0.1) is 5.92 Å². The lowest BCUT2D eigenvalue weighted by Gasteiger charge is -2.26. The minimum absolute atomic E-state index is 0.00896. The third kappa shape index (κ3) is 3.68. The number of aromatic nitrogens is 4. The van der Waals surface area contributed by atoms with Gasteiger partial charge in [0.15, 0.2) is 5.82 Å². The molecule has 0 atom stereocenters. The number of anilines is 1. The van der Waals surface area contributed by atoms with Crippen molar-refractivity contribution < 1.29 is 9.53 Å². The molecule has 1 amide bonds. The van der Waals surface area contributed by atoms with Gasteiger partial charge in [-0.25, -0.2) is 4.98 Å². The molecule has 3 aromatic rings. The summed E-state index contributed by atoms with van der Waals surface area (Å²) in [6, 6.07) is 7.85. The number of fused-ring (bicyclic) bond motifs is 1. The highest BCUT2D eigenvalue weighted by atomic mass is 16.5. The van der Waals surface area contributed by atoms with E-state index in [1.54, 1.807) is 13.4 Å². The number of carbonyl (C=O) groups is 1. The number of amides is 1. The average Bonchev–Trinajstić information content (AvgIpc) is 3.13. The molecule has 1 aliphatic rings. The van der Waals surface area contributed by atoms with Crippen LogP contribution in [0.2, 0.25) is 0 Å². The Morgan fingerprint density at radius 1 is 1.19 bits per heavy atom. The highest BCUT2D eigenvalue weighted by Gasteiger charge is 2.26. The molecule has 1 aromatic carbocycles. The second kappa shape index (κ2) is 7.44. The SMILES string of the molecule is COC1CCC(C(=O)Nc2cc3cc(-c4cncn4C)ccc3nn2)CC1. The quantitative estimate of drug-likeness (QED) is 0.768. The lowest BCUT2D eigenvalue weighted by atomic mass is 9.87. The van der Waals surface area contributed by atoms with Crippen LogP contribution in [0.1, 0.15) is 25.7 Å². The Labute approximate surface area is 157 Å². The number of imidazole rings is 1. The molecule has 0 unspecified atom stereocenters. The van der Waals surface area contributed by atoms with E-state index in [1.807, 2.05) is 42.1 Å². The second-order valence-electron chi connectivity index (χ2n) is 7.09. The van der Waals surface area contributed by atoms with Crippen molar-refractivity contribution in [3.63, 3.8) is 0 Å². The molecule has 0 radical (unpaired) electrons. The van der Waals surface area contributed by atoms with Crippen LogP contribution >= 0.6 is 0 Å². The Morgan fingerprint density at radius 3 is 2.70 bits per heavy atom. The van der Waals surface area contributed by atoms with E-state index in [9.17, 15) is 4.79 Å². The highest BCUT2D eigenvalue weighted by molar-refractivity contribution is 5.94. The zero-order chi connectivity index (χ0) is 18.8. The molecule has 1 fully saturated rings. The van der Waals surface area contributed by atoms with Crippen LogP contribution in [0.3, 0.4) is 0 Å². The summed E-state index contributed by atoms with van der Waals surface area (Å²) in [5.41, 5.74) is 2.86. The Hall–Kier alpha value is -2.80. The minimum Gasteiger partial charge on any atom is -0.381 e. The van der Waals surface area contributed by atoms with Gasteiger partial charge in [0, 0.05) is 31.0 Å². The van der Waals surface area contributed by atoms with Gasteiger partial charge in [0.2, 0.25) is 5.91 Å². The Kier molecular flexibility index (Phi) is 4.85. The topological polar surface area (TPSA) is 81.9 Å². The van der Waals surface area contributed by atoms with Gasteiger partial charge in [0.1, 0.15) is 0 Å². The van der Waals surface area contributed by atoms with Crippen molar-refractivity contribution in [1.82, 2.24) is 19.7 Å². The molecule has 27 heavy (non-hydrogen) atoms. The lowest BCUT2D eigenvalue weighted by Crippen LogP contribution is -2.29. The van der Waals surface area contributed by atoms with Gasteiger partial charge in [-0.3, -0.25) is 4.79 Å². The predicted molar refractivity (Wildman–Crippen MR) is 103 cm³/mol. The number of aryl methyl sites for hydroxylation is 1. The summed E-state index contributed by atoms with van der Waals surface area (Å²) >= 11 is 0. The smallest absolute Gasteiger partial charge is 0.228 e. The van der Waals surface area contributed by atoms with Gasteiger partial charge in [-0.2, -0.15) is 0 Å². The summed E-state index contributed by atoms with van der Waals surface area (Å²) in [6.07, 6.45) is 7.41. The summed E-state index contributed by atoms with van der Waals surface area (Å²) in [6.45, 7) is 0. The molecule has 2 heterocycles. The van der Waals surface area contributed by atoms with Crippen LogP contribution in [-0.2, 0) is 16.6 Å². The fourth-order valence-electron chi connectivity index (χ4n) is 3.69. The molecule has 0 spiro atoms. The summed E-state index contributed by atoms with van der Waals surface area (Å²) in [4.78, 5) is 16.7. The van der Waals surface area contributed by atoms with E-state index in [2.05, 4.69) is 20.5 Å². The number of nitrogens with one attached hydrogen (secondary N) is 1. The first kappa shape index (κ1) is 17.6. The molecular weight excluding hydrogens is 342 g/mol. The van der Waals surface area contributed by atoms with Crippen molar-refractivity contribution in [2.75, 3.05) is 12.4 Å². The van der Waals surface area contributed by atoms with Crippen LogP contribution < -0.4 is 5.32 Å². The first-order chi connectivity index (χ1) is 13.1. The van der Waals surface area contributed by atoms with E-state index >= 15 is 0 Å². The molecule has 1 aliphatic carbocycles. The first-order valence-corrected chi connectivity index (χ1v) is 9.22. The number of methoxy groups -OCH3 is 1. The van der Waals surface area contributed by atoms with Crippen molar-refractivity contribution in [3.8, 4) is 11.3 Å². The molecule has 1 saturated carbocycles. The summed E-state index contributed by atoms with van der Waals surface area (Å²) in [5, 5.41) is 12.3. The third-order valence-corrected chi connectivity index (χ3v) is 5.33. The number of hydrogen-bond donors (Lipinski definition) is 1. The molecule has 140 valence electrons. The van der Waals surface area contributed by atoms with E-state index in [1.165, 1.54) is 0 Å². The summed E-state index contributed by atoms with van der Waals surface area (Å²) in [5.74, 6) is 0.513. The van der Waals surface area contributed by atoms with E-state index in [0.717, 1.165) is 47.8 Å². The maximum atomic E-state index is 12.6. The second-order valence-corrected chi connectivity index (χ2v) is 7.09. The van der Waals surface area contributed by atoms with E-state index in [0.29, 0.717) is 5.82 Å². The third-order valence-electron chi connectivity index (χ3n) is 5.33. The first-order valence-electron chi connectivity index (χ1n) is 9.22. The van der Waals surface area contributed by atoms with E-state index in [4.69, 9.17) is 4.74 Å². The average molecular weight is 365 g/mol. The van der Waals surface area contributed by atoms with Gasteiger partial charge in [-0.1, -0.05) is 6.07 Å². The van der Waals surface area contributed by atoms with Gasteiger partial charge >= 0.3 is 0 Å². The van der Waals surface area contributed by atoms with Gasteiger partial charge in [-0.05, 0) is 43.9 Å². The Morgan fingerprint density at radius 2 is 2.00 bits per heavy atom. The molecular formula is C20H23N5O2. The molecule has 7 heteroatoms. The van der Waals surface area contributed by atoms with Gasteiger partial charge in [0.25, 0.3) is 0 Å². The van der Waals surface area contributed by atoms with Crippen LogP contribution in [0.4, 0.5) is 5.82 Å². The number of nitrogens with zero attached hydrogens (tertiary/aromatic N) is 4. The molecule has 7 nitrogen and oxygen atoms in total. The van der Waals surface area contributed by atoms with Crippen molar-refractivity contribution >= 4 is 22.6 Å². The Balaban J connectivity index is 1.52. The number of benzene rings is 1. The molecule has 0 saturated heterocycles. The highest BCUT2D eigenvalue weighted by Crippen LogP contribution is 2.28. The Bertz CT molecular complexity index is 960. The molecule has 4 rings (SSSR count). The fraction of sp³-hybridized carbons (Fsp3) is 0.400. The fourth-order valence-corrected chi connectivity index (χ4v) is 3.69. The van der Waals surface area contributed by atoms with Crippen molar-refractivity contribution in [1.29, 1.82) is 0 Å². The van der Waals surface area contributed by atoms with E-state index < -0.39 is 0 Å². The number of rotatable bonds is 4. The van der Waals surface area contributed by atoms with Gasteiger partial charge in [0.05, 0.1) is 29.8 Å². The summed E-state index contributed by atoms with van der Waals surface area (Å²) < 4.78 is 7.34. The molecule has 2 aromatic heterocycles. The zero-order valence-electron chi connectivity index (χ0n) is 15.6. The number of hydrogen-bond acceptors (Lipinski definition) is 5. The summed E-state index contributed by atoms with van der Waals surface area (Å²) in [7, 11) is 3.69. The standard InChI is InChI=1S/C20H23N5O2/c1-25-12-21-11-18(25)14-5-8-17-15(9-14)10-19(24-23-17)22-20(26)13-3-6-16(27-2)7-4-13/h5,8-13,16H,3-4,6-7H2,1-2H3,(H,22,24,26). The maximum Gasteiger partial charge on any atom is 0.228 e. The maximum absolute atomic E-state index is 12.6.